The van der Waals surface area contributed by atoms with Gasteiger partial charge in [0, 0.05) is 10.7 Å². The van der Waals surface area contributed by atoms with Crippen LogP contribution in [0.25, 0.3) is 0 Å². The van der Waals surface area contributed by atoms with Crippen LogP contribution in [0.4, 0.5) is 0 Å². The van der Waals surface area contributed by atoms with E-state index < -0.39 is 8.07 Å². The van der Waals surface area contributed by atoms with Crippen LogP contribution in [0.5, 0.6) is 0 Å². The average molecular weight is 414 g/mol. The van der Waals surface area contributed by atoms with Crippen molar-refractivity contribution in [2.45, 2.75) is 28.8 Å². The zero-order chi connectivity index (χ0) is 15.0. The molecule has 108 valence electrons. The highest BCUT2D eigenvalue weighted by atomic mass is 79.9. The molecular formula is C17H22Br2Si. The van der Waals surface area contributed by atoms with Crippen LogP contribution in [-0.2, 0) is 10.7 Å². The lowest BCUT2D eigenvalue weighted by molar-refractivity contribution is 1.33. The summed E-state index contributed by atoms with van der Waals surface area (Å²) >= 11 is 7.20. The zero-order valence-electron chi connectivity index (χ0n) is 11.9. The van der Waals surface area contributed by atoms with E-state index in [1.165, 1.54) is 16.3 Å². The highest BCUT2D eigenvalue weighted by molar-refractivity contribution is 9.08. The Morgan fingerprint density at radius 3 is 1.85 bits per heavy atom. The predicted octanol–water partition coefficient (Wildman–Crippen LogP) is 5.69. The highest BCUT2D eigenvalue weighted by Crippen LogP contribution is 2.26. The van der Waals surface area contributed by atoms with Crippen LogP contribution in [0.1, 0.15) is 11.1 Å². The van der Waals surface area contributed by atoms with E-state index in [9.17, 15) is 0 Å². The minimum atomic E-state index is -1.69. The molecule has 1 rings (SSSR count). The fourth-order valence-corrected chi connectivity index (χ4v) is 7.98. The van der Waals surface area contributed by atoms with Crippen molar-refractivity contribution >= 4 is 45.1 Å². The maximum absolute atomic E-state index is 3.98. The maximum Gasteiger partial charge on any atom is 0.0981 e. The van der Waals surface area contributed by atoms with Crippen molar-refractivity contribution in [1.82, 2.24) is 0 Å². The molecule has 0 bridgehead atoms. The second-order valence-corrected chi connectivity index (χ2v) is 10.5. The van der Waals surface area contributed by atoms with Gasteiger partial charge in [0.2, 0.25) is 0 Å². The van der Waals surface area contributed by atoms with E-state index in [1.54, 1.807) is 0 Å². The first-order chi connectivity index (χ1) is 9.67. The molecular weight excluding hydrogens is 392 g/mol. The Balaban J connectivity index is 3.46. The minimum absolute atomic E-state index is 0.892. The van der Waals surface area contributed by atoms with E-state index in [2.05, 4.69) is 88.0 Å². The molecule has 0 fully saturated rings. The van der Waals surface area contributed by atoms with Gasteiger partial charge in [0.15, 0.2) is 0 Å². The first-order valence-corrected chi connectivity index (χ1v) is 11.6. The van der Waals surface area contributed by atoms with E-state index in [4.69, 9.17) is 0 Å². The highest BCUT2D eigenvalue weighted by Gasteiger charge is 2.33. The first kappa shape index (κ1) is 17.7. The van der Waals surface area contributed by atoms with Gasteiger partial charge in [-0.25, -0.2) is 0 Å². The molecule has 0 saturated heterocycles. The molecule has 0 aromatic heterocycles. The van der Waals surface area contributed by atoms with Gasteiger partial charge >= 0.3 is 0 Å². The third kappa shape index (κ3) is 4.06. The molecule has 0 aliphatic rings. The van der Waals surface area contributed by atoms with Gasteiger partial charge in [-0.1, -0.05) is 73.5 Å². The number of hydrogen-bond donors (Lipinski definition) is 0. The van der Waals surface area contributed by atoms with Crippen LogP contribution in [-0.4, -0.2) is 8.07 Å². The lowest BCUT2D eigenvalue weighted by Crippen LogP contribution is -2.48. The summed E-state index contributed by atoms with van der Waals surface area (Å²) in [5.74, 6) is 0. The van der Waals surface area contributed by atoms with E-state index >= 15 is 0 Å². The van der Waals surface area contributed by atoms with Crippen LogP contribution in [0.3, 0.4) is 0 Å². The normalized spacial score (nSPS) is 11.1. The van der Waals surface area contributed by atoms with E-state index in [0.29, 0.717) is 0 Å². The summed E-state index contributed by atoms with van der Waals surface area (Å²) in [6.45, 7) is 11.9. The fourth-order valence-electron chi connectivity index (χ4n) is 2.73. The molecule has 1 aromatic rings. The standard InChI is InChI=1S/C17H22Br2Si/c1-4-9-20(10-5-2,11-6-3)17-12-15(13-18)7-8-16(17)14-19/h4-8,12H,1-3,9-11,13-14H2. The van der Waals surface area contributed by atoms with Crippen LogP contribution >= 0.6 is 31.9 Å². The zero-order valence-corrected chi connectivity index (χ0v) is 16.0. The largest absolute Gasteiger partial charge is 0.103 e. The quantitative estimate of drug-likeness (QED) is 0.277. The summed E-state index contributed by atoms with van der Waals surface area (Å²) < 4.78 is 0. The van der Waals surface area contributed by atoms with Gasteiger partial charge in [-0.15, -0.1) is 19.7 Å². The number of hydrogen-bond acceptors (Lipinski definition) is 0. The molecule has 0 nitrogen and oxygen atoms in total. The van der Waals surface area contributed by atoms with Crippen LogP contribution in [0.2, 0.25) is 18.1 Å². The summed E-state index contributed by atoms with van der Waals surface area (Å²) in [6, 6.07) is 10.0. The van der Waals surface area contributed by atoms with Gasteiger partial charge in [0.25, 0.3) is 0 Å². The molecule has 0 aliphatic carbocycles. The summed E-state index contributed by atoms with van der Waals surface area (Å²) in [4.78, 5) is 0. The Bertz CT molecular complexity index is 453. The predicted molar refractivity (Wildman–Crippen MR) is 102 cm³/mol. The van der Waals surface area contributed by atoms with Crippen molar-refractivity contribution in [2.75, 3.05) is 0 Å². The van der Waals surface area contributed by atoms with E-state index in [1.807, 2.05) is 0 Å². The van der Waals surface area contributed by atoms with Gasteiger partial charge in [-0.3, -0.25) is 0 Å². The van der Waals surface area contributed by atoms with Crippen molar-refractivity contribution < 1.29 is 0 Å². The summed E-state index contributed by atoms with van der Waals surface area (Å²) in [7, 11) is -1.69. The fraction of sp³-hybridized carbons (Fsp3) is 0.294. The molecule has 20 heavy (non-hydrogen) atoms. The Hall–Kier alpha value is -0.383. The monoisotopic (exact) mass is 412 g/mol. The van der Waals surface area contributed by atoms with Crippen molar-refractivity contribution in [3.63, 3.8) is 0 Å². The van der Waals surface area contributed by atoms with Gasteiger partial charge in [-0.05, 0) is 29.3 Å². The van der Waals surface area contributed by atoms with Crippen molar-refractivity contribution in [2.24, 2.45) is 0 Å². The van der Waals surface area contributed by atoms with Crippen LogP contribution in [0, 0.1) is 0 Å². The number of halogens is 2. The first-order valence-electron chi connectivity index (χ1n) is 6.74. The smallest absolute Gasteiger partial charge is 0.0981 e. The molecule has 0 heterocycles. The molecule has 0 amide bonds. The van der Waals surface area contributed by atoms with Gasteiger partial charge in [0.1, 0.15) is 0 Å². The average Bonchev–Trinajstić information content (AvgIpc) is 2.47. The summed E-state index contributed by atoms with van der Waals surface area (Å²) in [6.07, 6.45) is 6.20. The number of allylic oxidation sites excluding steroid dienone is 3. The minimum Gasteiger partial charge on any atom is -0.103 e. The van der Waals surface area contributed by atoms with Gasteiger partial charge in [-0.2, -0.15) is 0 Å². The van der Waals surface area contributed by atoms with Gasteiger partial charge in [0.05, 0.1) is 8.07 Å². The topological polar surface area (TPSA) is 0 Å². The molecule has 0 aliphatic heterocycles. The lowest BCUT2D eigenvalue weighted by Gasteiger charge is -2.31. The summed E-state index contributed by atoms with van der Waals surface area (Å²) in [5.41, 5.74) is 2.73. The van der Waals surface area contributed by atoms with E-state index in [-0.39, 0.29) is 0 Å². The van der Waals surface area contributed by atoms with Gasteiger partial charge < -0.3 is 0 Å². The van der Waals surface area contributed by atoms with Crippen LogP contribution in [0.15, 0.2) is 56.2 Å². The Labute approximate surface area is 140 Å². The number of rotatable bonds is 9. The Kier molecular flexibility index (Phi) is 7.78. The van der Waals surface area contributed by atoms with Crippen LogP contribution < -0.4 is 5.19 Å². The molecule has 0 unspecified atom stereocenters. The van der Waals surface area contributed by atoms with Crippen molar-refractivity contribution in [3.05, 3.63) is 67.3 Å². The third-order valence-corrected chi connectivity index (χ3v) is 9.72. The Morgan fingerprint density at radius 2 is 1.45 bits per heavy atom. The SMILES string of the molecule is C=CC[Si](CC=C)(CC=C)c1cc(CBr)ccc1CBr. The molecule has 0 spiro atoms. The maximum atomic E-state index is 3.98. The van der Waals surface area contributed by atoms with E-state index in [0.717, 1.165) is 28.8 Å². The third-order valence-electron chi connectivity index (χ3n) is 3.65. The number of alkyl halides is 2. The Morgan fingerprint density at radius 1 is 0.900 bits per heavy atom. The molecule has 1 aromatic carbocycles. The molecule has 0 saturated carbocycles. The summed E-state index contributed by atoms with van der Waals surface area (Å²) in [5, 5.41) is 3.31. The molecule has 0 radical (unpaired) electrons. The molecule has 0 N–H and O–H groups in total. The molecule has 0 atom stereocenters. The van der Waals surface area contributed by atoms with Crippen molar-refractivity contribution in [3.8, 4) is 0 Å². The number of benzene rings is 1. The van der Waals surface area contributed by atoms with Crippen molar-refractivity contribution in [1.29, 1.82) is 0 Å². The molecule has 3 heteroatoms. The second kappa shape index (κ2) is 8.80. The second-order valence-electron chi connectivity index (χ2n) is 5.02. The lowest BCUT2D eigenvalue weighted by atomic mass is 10.2.